The number of carbonyl (C=O) groups excluding carboxylic acids is 1. The van der Waals surface area contributed by atoms with Crippen LogP contribution in [0.5, 0.6) is 0 Å². The van der Waals surface area contributed by atoms with Crippen LogP contribution >= 0.6 is 0 Å². The minimum absolute atomic E-state index is 0.117. The van der Waals surface area contributed by atoms with Gasteiger partial charge in [-0.05, 0) is 19.3 Å². The van der Waals surface area contributed by atoms with E-state index in [1.54, 1.807) is 19.3 Å². The predicted octanol–water partition coefficient (Wildman–Crippen LogP) is 0.0681. The van der Waals surface area contributed by atoms with E-state index in [1.165, 1.54) is 11.0 Å². The Morgan fingerprint density at radius 2 is 2.35 bits per heavy atom. The van der Waals surface area contributed by atoms with Crippen molar-refractivity contribution in [3.8, 4) is 0 Å². The molecule has 1 amide bonds. The number of aromatic amines is 1. The number of imidazole rings is 1. The topological polar surface area (TPSA) is 95.9 Å². The van der Waals surface area contributed by atoms with Crippen molar-refractivity contribution in [3.05, 3.63) is 40.3 Å². The molecule has 2 aromatic rings. The molecule has 0 aromatic carbocycles. The minimum atomic E-state index is -0.155. The Morgan fingerprint density at radius 1 is 1.52 bits per heavy atom. The Balaban J connectivity index is 1.56. The zero-order valence-electron chi connectivity index (χ0n) is 13.2. The molecule has 1 fully saturated rings. The number of anilines is 1. The number of nitrogens with one attached hydrogen (secondary N) is 2. The van der Waals surface area contributed by atoms with E-state index in [-0.39, 0.29) is 11.5 Å². The fourth-order valence-electron chi connectivity index (χ4n) is 2.78. The molecule has 8 nitrogen and oxygen atoms in total. The quantitative estimate of drug-likeness (QED) is 0.832. The van der Waals surface area contributed by atoms with E-state index >= 15 is 0 Å². The summed E-state index contributed by atoms with van der Waals surface area (Å²) in [5, 5.41) is 6.98. The van der Waals surface area contributed by atoms with Crippen LogP contribution in [0.1, 0.15) is 22.6 Å². The summed E-state index contributed by atoms with van der Waals surface area (Å²) < 4.78 is 1.31. The van der Waals surface area contributed by atoms with Crippen LogP contribution in [-0.2, 0) is 7.05 Å². The Labute approximate surface area is 133 Å². The maximum Gasteiger partial charge on any atom is 0.271 e. The monoisotopic (exact) mass is 316 g/mol. The number of rotatable bonds is 4. The summed E-state index contributed by atoms with van der Waals surface area (Å²) in [5.41, 5.74) is 1.93. The fraction of sp³-hybridized carbons (Fsp3) is 0.467. The molecule has 23 heavy (non-hydrogen) atoms. The number of carbonyl (C=O) groups is 1. The molecule has 1 saturated heterocycles. The van der Waals surface area contributed by atoms with Crippen LogP contribution in [0.15, 0.2) is 23.4 Å². The van der Waals surface area contributed by atoms with Gasteiger partial charge in [0, 0.05) is 38.4 Å². The molecule has 2 N–H and O–H groups in total. The molecule has 1 aliphatic rings. The SMILES string of the molecule is Cc1[nH]cnc1C(=O)NCC1CCN(c2cnn(C)c(=O)c2)C1. The maximum absolute atomic E-state index is 12.1. The lowest BCUT2D eigenvalue weighted by atomic mass is 10.1. The Hall–Kier alpha value is -2.64. The van der Waals surface area contributed by atoms with Gasteiger partial charge in [-0.1, -0.05) is 0 Å². The van der Waals surface area contributed by atoms with Gasteiger partial charge < -0.3 is 15.2 Å². The average Bonchev–Trinajstić information content (AvgIpc) is 3.16. The first-order chi connectivity index (χ1) is 11.0. The molecule has 3 rings (SSSR count). The second kappa shape index (κ2) is 6.23. The van der Waals surface area contributed by atoms with Crippen LogP contribution in [0, 0.1) is 12.8 Å². The van der Waals surface area contributed by atoms with Gasteiger partial charge >= 0.3 is 0 Å². The van der Waals surface area contributed by atoms with E-state index in [4.69, 9.17) is 0 Å². The highest BCUT2D eigenvalue weighted by Crippen LogP contribution is 2.21. The molecule has 0 saturated carbocycles. The number of hydrogen-bond donors (Lipinski definition) is 2. The van der Waals surface area contributed by atoms with Crippen LogP contribution in [0.4, 0.5) is 5.69 Å². The summed E-state index contributed by atoms with van der Waals surface area (Å²) in [5.74, 6) is 0.194. The van der Waals surface area contributed by atoms with Crippen LogP contribution in [-0.4, -0.2) is 45.3 Å². The van der Waals surface area contributed by atoms with E-state index in [2.05, 4.69) is 25.3 Å². The van der Waals surface area contributed by atoms with Gasteiger partial charge in [0.1, 0.15) is 5.69 Å². The van der Waals surface area contributed by atoms with Crippen molar-refractivity contribution < 1.29 is 4.79 Å². The third kappa shape index (κ3) is 3.25. The molecule has 1 atom stereocenters. The van der Waals surface area contributed by atoms with Crippen molar-refractivity contribution >= 4 is 11.6 Å². The van der Waals surface area contributed by atoms with Gasteiger partial charge in [0.2, 0.25) is 0 Å². The second-order valence-corrected chi connectivity index (χ2v) is 5.86. The summed E-state index contributed by atoms with van der Waals surface area (Å²) in [6.45, 7) is 4.08. The number of amides is 1. The van der Waals surface area contributed by atoms with E-state index < -0.39 is 0 Å². The zero-order chi connectivity index (χ0) is 16.4. The highest BCUT2D eigenvalue weighted by molar-refractivity contribution is 5.93. The lowest BCUT2D eigenvalue weighted by molar-refractivity contribution is 0.0943. The molecular formula is C15H20N6O2. The molecule has 8 heteroatoms. The van der Waals surface area contributed by atoms with Gasteiger partial charge in [0.05, 0.1) is 18.2 Å². The summed E-state index contributed by atoms with van der Waals surface area (Å²) in [7, 11) is 1.63. The van der Waals surface area contributed by atoms with Gasteiger partial charge in [-0.25, -0.2) is 9.67 Å². The molecule has 1 aliphatic heterocycles. The van der Waals surface area contributed by atoms with Gasteiger partial charge in [-0.2, -0.15) is 5.10 Å². The summed E-state index contributed by atoms with van der Waals surface area (Å²) in [4.78, 5) is 32.8. The van der Waals surface area contributed by atoms with Crippen LogP contribution in [0.25, 0.3) is 0 Å². The number of hydrogen-bond acceptors (Lipinski definition) is 5. The first-order valence-corrected chi connectivity index (χ1v) is 7.61. The van der Waals surface area contributed by atoms with Crippen LogP contribution in [0.2, 0.25) is 0 Å². The molecule has 2 aromatic heterocycles. The van der Waals surface area contributed by atoms with Crippen molar-refractivity contribution in [2.45, 2.75) is 13.3 Å². The van der Waals surface area contributed by atoms with E-state index in [1.807, 2.05) is 6.92 Å². The van der Waals surface area contributed by atoms with E-state index in [0.717, 1.165) is 30.9 Å². The minimum Gasteiger partial charge on any atom is -0.370 e. The third-order valence-electron chi connectivity index (χ3n) is 4.20. The lowest BCUT2D eigenvalue weighted by Crippen LogP contribution is -2.32. The molecule has 0 bridgehead atoms. The number of aryl methyl sites for hydroxylation is 2. The van der Waals surface area contributed by atoms with Gasteiger partial charge in [0.15, 0.2) is 0 Å². The van der Waals surface area contributed by atoms with Crippen molar-refractivity contribution in [1.82, 2.24) is 25.1 Å². The first-order valence-electron chi connectivity index (χ1n) is 7.61. The lowest BCUT2D eigenvalue weighted by Gasteiger charge is -2.18. The molecule has 1 unspecified atom stereocenters. The Morgan fingerprint density at radius 3 is 3.04 bits per heavy atom. The normalized spacial score (nSPS) is 17.5. The second-order valence-electron chi connectivity index (χ2n) is 5.86. The summed E-state index contributed by atoms with van der Waals surface area (Å²) >= 11 is 0. The van der Waals surface area contributed by atoms with Gasteiger partial charge in [0.25, 0.3) is 11.5 Å². The zero-order valence-corrected chi connectivity index (χ0v) is 13.2. The van der Waals surface area contributed by atoms with E-state index in [9.17, 15) is 9.59 Å². The molecule has 0 radical (unpaired) electrons. The Bertz CT molecular complexity index is 765. The van der Waals surface area contributed by atoms with Crippen LogP contribution < -0.4 is 15.8 Å². The highest BCUT2D eigenvalue weighted by atomic mass is 16.2. The third-order valence-corrected chi connectivity index (χ3v) is 4.20. The summed E-state index contributed by atoms with van der Waals surface area (Å²) in [6, 6.07) is 1.60. The van der Waals surface area contributed by atoms with E-state index in [0.29, 0.717) is 18.2 Å². The van der Waals surface area contributed by atoms with Crippen molar-refractivity contribution in [1.29, 1.82) is 0 Å². The van der Waals surface area contributed by atoms with Crippen molar-refractivity contribution in [2.24, 2.45) is 13.0 Å². The highest BCUT2D eigenvalue weighted by Gasteiger charge is 2.24. The van der Waals surface area contributed by atoms with Gasteiger partial charge in [-0.15, -0.1) is 0 Å². The first kappa shape index (κ1) is 15.3. The number of H-pyrrole nitrogens is 1. The van der Waals surface area contributed by atoms with Crippen LogP contribution in [0.3, 0.4) is 0 Å². The summed E-state index contributed by atoms with van der Waals surface area (Å²) in [6.07, 6.45) is 4.19. The number of nitrogens with zero attached hydrogens (tertiary/aromatic N) is 4. The molecule has 122 valence electrons. The molecule has 3 heterocycles. The molecular weight excluding hydrogens is 296 g/mol. The maximum atomic E-state index is 12.1. The van der Waals surface area contributed by atoms with Gasteiger partial charge in [-0.3, -0.25) is 9.59 Å². The fourth-order valence-corrected chi connectivity index (χ4v) is 2.78. The predicted molar refractivity (Wildman–Crippen MR) is 85.5 cm³/mol. The Kier molecular flexibility index (Phi) is 4.14. The molecule has 0 aliphatic carbocycles. The van der Waals surface area contributed by atoms with Crippen molar-refractivity contribution in [3.63, 3.8) is 0 Å². The average molecular weight is 316 g/mol. The number of aromatic nitrogens is 4. The molecule has 0 spiro atoms. The smallest absolute Gasteiger partial charge is 0.271 e. The standard InChI is InChI=1S/C15H20N6O2/c1-10-14(18-9-17-10)15(23)16-6-11-3-4-21(8-11)12-5-13(22)20(2)19-7-12/h5,7,9,11H,3-4,6,8H2,1-2H3,(H,16,23)(H,17,18). The largest absolute Gasteiger partial charge is 0.370 e. The van der Waals surface area contributed by atoms with Crippen molar-refractivity contribution in [2.75, 3.05) is 24.5 Å².